The van der Waals surface area contributed by atoms with Gasteiger partial charge in [-0.3, -0.25) is 0 Å². The van der Waals surface area contributed by atoms with Gasteiger partial charge in [0.05, 0.1) is 0 Å². The van der Waals surface area contributed by atoms with E-state index in [0.717, 1.165) is 10.5 Å². The molecule has 1 aromatic carbocycles. The Kier molecular flexibility index (Phi) is 3.71. The van der Waals surface area contributed by atoms with Crippen molar-refractivity contribution in [3.8, 4) is 5.75 Å². The highest BCUT2D eigenvalue weighted by Gasteiger charge is 2.07. The first-order chi connectivity index (χ1) is 8.15. The van der Waals surface area contributed by atoms with Gasteiger partial charge in [-0.25, -0.2) is 4.79 Å². The summed E-state index contributed by atoms with van der Waals surface area (Å²) in [6, 6.07) is 8.72. The van der Waals surface area contributed by atoms with Crippen LogP contribution < -0.4 is 0 Å². The van der Waals surface area contributed by atoms with E-state index in [2.05, 4.69) is 0 Å². The second-order valence-corrected chi connectivity index (χ2v) is 5.37. The molecule has 0 atom stereocenters. The van der Waals surface area contributed by atoms with Crippen molar-refractivity contribution in [3.63, 3.8) is 0 Å². The van der Waals surface area contributed by atoms with Crippen molar-refractivity contribution in [2.45, 2.75) is 10.6 Å². The van der Waals surface area contributed by atoms with Crippen molar-refractivity contribution < 1.29 is 15.0 Å². The number of rotatable bonds is 4. The summed E-state index contributed by atoms with van der Waals surface area (Å²) in [4.78, 5) is 12.0. The first-order valence-corrected chi connectivity index (χ1v) is 6.74. The van der Waals surface area contributed by atoms with E-state index < -0.39 is 5.97 Å². The van der Waals surface area contributed by atoms with Gasteiger partial charge in [0.1, 0.15) is 10.6 Å². The lowest BCUT2D eigenvalue weighted by molar-refractivity contribution is 0.0702. The number of carboxylic acid groups (broad SMARTS) is 1. The SMILES string of the molecule is O=C(O)c1cc(SCc2cccc(O)c2)cs1. The maximum absolute atomic E-state index is 10.7. The smallest absolute Gasteiger partial charge is 0.345 e. The predicted octanol–water partition coefficient (Wildman–Crippen LogP) is 3.44. The highest BCUT2D eigenvalue weighted by Crippen LogP contribution is 2.28. The van der Waals surface area contributed by atoms with Gasteiger partial charge in [-0.1, -0.05) is 12.1 Å². The predicted molar refractivity (Wildman–Crippen MR) is 68.9 cm³/mol. The van der Waals surface area contributed by atoms with E-state index in [0.29, 0.717) is 10.6 Å². The Bertz CT molecular complexity index is 534. The Hall–Kier alpha value is -1.46. The fraction of sp³-hybridized carbons (Fsp3) is 0.0833. The van der Waals surface area contributed by atoms with Crippen LogP contribution in [0.3, 0.4) is 0 Å². The molecule has 0 radical (unpaired) electrons. The first-order valence-electron chi connectivity index (χ1n) is 4.87. The van der Waals surface area contributed by atoms with Crippen molar-refractivity contribution in [2.75, 3.05) is 0 Å². The van der Waals surface area contributed by atoms with Crippen molar-refractivity contribution >= 4 is 29.1 Å². The summed E-state index contributed by atoms with van der Waals surface area (Å²) in [5.74, 6) is 0.0725. The number of benzene rings is 1. The molecule has 0 spiro atoms. The van der Waals surface area contributed by atoms with Gasteiger partial charge in [-0.2, -0.15) is 0 Å². The molecule has 1 aromatic heterocycles. The van der Waals surface area contributed by atoms with Crippen LogP contribution in [0, 0.1) is 0 Å². The van der Waals surface area contributed by atoms with Crippen LogP contribution in [0.1, 0.15) is 15.2 Å². The molecule has 2 rings (SSSR count). The molecule has 1 heterocycles. The average Bonchev–Trinajstić information content (AvgIpc) is 2.75. The minimum absolute atomic E-state index is 0.250. The minimum Gasteiger partial charge on any atom is -0.508 e. The van der Waals surface area contributed by atoms with Crippen molar-refractivity contribution in [2.24, 2.45) is 0 Å². The van der Waals surface area contributed by atoms with E-state index in [4.69, 9.17) is 5.11 Å². The largest absolute Gasteiger partial charge is 0.508 e. The van der Waals surface area contributed by atoms with Gasteiger partial charge in [0.15, 0.2) is 0 Å². The van der Waals surface area contributed by atoms with Gasteiger partial charge >= 0.3 is 5.97 Å². The lowest BCUT2D eigenvalue weighted by Crippen LogP contribution is -1.89. The number of carboxylic acids is 1. The Morgan fingerprint density at radius 3 is 2.82 bits per heavy atom. The van der Waals surface area contributed by atoms with E-state index in [1.807, 2.05) is 11.4 Å². The summed E-state index contributed by atoms with van der Waals surface area (Å²) in [6.45, 7) is 0. The highest BCUT2D eigenvalue weighted by molar-refractivity contribution is 7.98. The third-order valence-electron chi connectivity index (χ3n) is 2.10. The first kappa shape index (κ1) is 12.0. The fourth-order valence-electron chi connectivity index (χ4n) is 1.32. The van der Waals surface area contributed by atoms with Gasteiger partial charge in [0.25, 0.3) is 0 Å². The molecule has 17 heavy (non-hydrogen) atoms. The maximum Gasteiger partial charge on any atom is 0.345 e. The fourth-order valence-corrected chi connectivity index (χ4v) is 3.13. The van der Waals surface area contributed by atoms with Crippen molar-refractivity contribution in [1.82, 2.24) is 0 Å². The molecule has 0 saturated heterocycles. The minimum atomic E-state index is -0.890. The third kappa shape index (κ3) is 3.25. The summed E-state index contributed by atoms with van der Waals surface area (Å²) in [5.41, 5.74) is 1.01. The van der Waals surface area contributed by atoms with Crippen LogP contribution in [0.15, 0.2) is 40.6 Å². The molecule has 0 unspecified atom stereocenters. The summed E-state index contributed by atoms with van der Waals surface area (Å²) in [7, 11) is 0. The van der Waals surface area contributed by atoms with Crippen LogP contribution in [0.25, 0.3) is 0 Å². The molecule has 0 aliphatic carbocycles. The molecule has 2 N–H and O–H groups in total. The molecule has 2 aromatic rings. The number of carbonyl (C=O) groups is 1. The van der Waals surface area contributed by atoms with Crippen LogP contribution in [-0.4, -0.2) is 16.2 Å². The van der Waals surface area contributed by atoms with Crippen LogP contribution >= 0.6 is 23.1 Å². The number of phenols is 1. The Morgan fingerprint density at radius 1 is 1.35 bits per heavy atom. The zero-order valence-electron chi connectivity index (χ0n) is 8.79. The molecule has 3 nitrogen and oxygen atoms in total. The number of hydrogen-bond donors (Lipinski definition) is 2. The molecule has 0 bridgehead atoms. The van der Waals surface area contributed by atoms with Crippen molar-refractivity contribution in [3.05, 3.63) is 46.2 Å². The third-order valence-corrected chi connectivity index (χ3v) is 4.22. The van der Waals surface area contributed by atoms with Gasteiger partial charge in [-0.15, -0.1) is 23.1 Å². The Labute approximate surface area is 107 Å². The van der Waals surface area contributed by atoms with Crippen LogP contribution in [-0.2, 0) is 5.75 Å². The average molecular weight is 266 g/mol. The monoisotopic (exact) mass is 266 g/mol. The standard InChI is InChI=1S/C12H10O3S2/c13-9-3-1-2-8(4-9)6-16-10-5-11(12(14)15)17-7-10/h1-5,7,13H,6H2,(H,14,15). The van der Waals surface area contributed by atoms with Crippen LogP contribution in [0.5, 0.6) is 5.75 Å². The Balaban J connectivity index is 2.00. The molecule has 0 aliphatic heterocycles. The van der Waals surface area contributed by atoms with Gasteiger partial charge < -0.3 is 10.2 Å². The summed E-state index contributed by atoms with van der Waals surface area (Å²) in [6.07, 6.45) is 0. The Morgan fingerprint density at radius 2 is 2.18 bits per heavy atom. The molecule has 0 amide bonds. The number of thiophene rings is 1. The molecule has 0 fully saturated rings. The van der Waals surface area contributed by atoms with E-state index in [9.17, 15) is 9.90 Å². The van der Waals surface area contributed by atoms with Crippen LogP contribution in [0.4, 0.5) is 0 Å². The number of aromatic hydroxyl groups is 1. The van der Waals surface area contributed by atoms with Gasteiger partial charge in [0.2, 0.25) is 0 Å². The molecule has 88 valence electrons. The zero-order valence-corrected chi connectivity index (χ0v) is 10.4. The number of hydrogen-bond acceptors (Lipinski definition) is 4. The van der Waals surface area contributed by atoms with Crippen molar-refractivity contribution in [1.29, 1.82) is 0 Å². The number of phenolic OH excluding ortho intramolecular Hbond substituents is 1. The van der Waals surface area contributed by atoms with E-state index in [1.165, 1.54) is 11.3 Å². The lowest BCUT2D eigenvalue weighted by atomic mass is 10.2. The number of thioether (sulfide) groups is 1. The normalized spacial score (nSPS) is 10.4. The molecular formula is C12H10O3S2. The van der Waals surface area contributed by atoms with Gasteiger partial charge in [0, 0.05) is 16.0 Å². The van der Waals surface area contributed by atoms with Gasteiger partial charge in [-0.05, 0) is 23.8 Å². The molecule has 0 aliphatic rings. The van der Waals surface area contributed by atoms with E-state index in [1.54, 1.807) is 36.0 Å². The zero-order chi connectivity index (χ0) is 12.3. The van der Waals surface area contributed by atoms with E-state index in [-0.39, 0.29) is 5.75 Å². The molecular weight excluding hydrogens is 256 g/mol. The van der Waals surface area contributed by atoms with E-state index >= 15 is 0 Å². The molecule has 0 saturated carbocycles. The second-order valence-electron chi connectivity index (χ2n) is 3.41. The molecule has 5 heteroatoms. The highest BCUT2D eigenvalue weighted by atomic mass is 32.2. The summed E-state index contributed by atoms with van der Waals surface area (Å²) in [5, 5.41) is 19.9. The van der Waals surface area contributed by atoms with Crippen LogP contribution in [0.2, 0.25) is 0 Å². The quantitative estimate of drug-likeness (QED) is 0.832. The second kappa shape index (κ2) is 5.25. The summed E-state index contributed by atoms with van der Waals surface area (Å²) >= 11 is 2.78. The number of aromatic carboxylic acids is 1. The lowest BCUT2D eigenvalue weighted by Gasteiger charge is -2.00. The topological polar surface area (TPSA) is 57.5 Å². The summed E-state index contributed by atoms with van der Waals surface area (Å²) < 4.78 is 0. The maximum atomic E-state index is 10.7.